The van der Waals surface area contributed by atoms with Crippen LogP contribution in [0.1, 0.15) is 6.99 Å². The van der Waals surface area contributed by atoms with Gasteiger partial charge in [-0.1, -0.05) is 11.6 Å². The molecule has 1 rings (SSSR count). The van der Waals surface area contributed by atoms with Gasteiger partial charge in [0.15, 0.2) is 0 Å². The van der Waals surface area contributed by atoms with Gasteiger partial charge >= 0.3 is 45.9 Å². The number of pyridine rings is 1. The normalized spacial score (nSPS) is 12.1. The molecule has 0 saturated carbocycles. The SMILES string of the molecule is O=S(=O)(O)c1ncc(C(F)(F)F)cc1Cl.[H-].[Na+]. The van der Waals surface area contributed by atoms with E-state index < -0.39 is 31.9 Å². The molecule has 0 bridgehead atoms. The van der Waals surface area contributed by atoms with Gasteiger partial charge in [-0.05, 0) is 6.07 Å². The van der Waals surface area contributed by atoms with Gasteiger partial charge < -0.3 is 1.43 Å². The summed E-state index contributed by atoms with van der Waals surface area (Å²) < 4.78 is 65.8. The second kappa shape index (κ2) is 5.19. The van der Waals surface area contributed by atoms with E-state index in [-0.39, 0.29) is 37.2 Å². The van der Waals surface area contributed by atoms with E-state index >= 15 is 0 Å². The van der Waals surface area contributed by atoms with E-state index in [1.54, 1.807) is 0 Å². The minimum absolute atomic E-state index is 0. The molecule has 0 radical (unpaired) electrons. The van der Waals surface area contributed by atoms with E-state index in [0.29, 0.717) is 6.07 Å². The van der Waals surface area contributed by atoms with E-state index in [1.807, 2.05) is 0 Å². The van der Waals surface area contributed by atoms with Gasteiger partial charge in [0, 0.05) is 6.20 Å². The van der Waals surface area contributed by atoms with Gasteiger partial charge in [0.25, 0.3) is 0 Å². The van der Waals surface area contributed by atoms with Gasteiger partial charge in [0.2, 0.25) is 5.03 Å². The Labute approximate surface area is 117 Å². The zero-order valence-corrected chi connectivity index (χ0v) is 11.4. The molecule has 0 saturated heterocycles. The Bertz CT molecular complexity index is 496. The van der Waals surface area contributed by atoms with Crippen molar-refractivity contribution < 1.29 is 57.1 Å². The molecule has 0 aliphatic heterocycles. The molecule has 86 valence electrons. The fourth-order valence-electron chi connectivity index (χ4n) is 0.770. The van der Waals surface area contributed by atoms with Gasteiger partial charge in [-0.3, -0.25) is 4.55 Å². The molecule has 1 N–H and O–H groups in total. The molecule has 1 aromatic heterocycles. The third kappa shape index (κ3) is 3.86. The van der Waals surface area contributed by atoms with E-state index in [0.717, 1.165) is 0 Å². The van der Waals surface area contributed by atoms with Crippen LogP contribution in [0.2, 0.25) is 5.02 Å². The summed E-state index contributed by atoms with van der Waals surface area (Å²) in [6.07, 6.45) is -4.40. The summed E-state index contributed by atoms with van der Waals surface area (Å²) in [6, 6.07) is 0.373. The van der Waals surface area contributed by atoms with Crippen LogP contribution < -0.4 is 29.6 Å². The number of hydrogen-bond donors (Lipinski definition) is 1. The predicted molar refractivity (Wildman–Crippen MR) is 45.2 cm³/mol. The summed E-state index contributed by atoms with van der Waals surface area (Å²) in [5.74, 6) is 0. The third-order valence-corrected chi connectivity index (χ3v) is 2.59. The van der Waals surface area contributed by atoms with E-state index in [9.17, 15) is 21.6 Å². The quantitative estimate of drug-likeness (QED) is 0.537. The minimum Gasteiger partial charge on any atom is -1.00 e. The van der Waals surface area contributed by atoms with Crippen LogP contribution in [-0.4, -0.2) is 18.0 Å². The van der Waals surface area contributed by atoms with Gasteiger partial charge in [0.05, 0.1) is 10.6 Å². The molecule has 1 aromatic rings. The van der Waals surface area contributed by atoms with Gasteiger partial charge in [-0.25, -0.2) is 4.98 Å². The molecule has 0 atom stereocenters. The number of rotatable bonds is 1. The van der Waals surface area contributed by atoms with Crippen LogP contribution in [0.15, 0.2) is 17.3 Å². The van der Waals surface area contributed by atoms with Crippen LogP contribution >= 0.6 is 11.6 Å². The molecule has 0 aliphatic carbocycles. The molecule has 10 heteroatoms. The Morgan fingerprint density at radius 3 is 2.25 bits per heavy atom. The summed E-state index contributed by atoms with van der Waals surface area (Å²) in [4.78, 5) is 2.93. The molecule has 0 fully saturated rings. The van der Waals surface area contributed by atoms with Crippen LogP contribution in [-0.2, 0) is 16.3 Å². The summed E-state index contributed by atoms with van der Waals surface area (Å²) in [7, 11) is -4.71. The first-order valence-corrected chi connectivity index (χ1v) is 5.14. The van der Waals surface area contributed by atoms with E-state index in [4.69, 9.17) is 16.2 Å². The smallest absolute Gasteiger partial charge is 1.00 e. The maximum Gasteiger partial charge on any atom is 1.00 e. The van der Waals surface area contributed by atoms with Crippen molar-refractivity contribution in [3.63, 3.8) is 0 Å². The monoisotopic (exact) mass is 285 g/mol. The van der Waals surface area contributed by atoms with Gasteiger partial charge in [0.1, 0.15) is 0 Å². The van der Waals surface area contributed by atoms with E-state index in [1.165, 1.54) is 0 Å². The topological polar surface area (TPSA) is 67.3 Å². The maximum absolute atomic E-state index is 12.1. The molecule has 4 nitrogen and oxygen atoms in total. The zero-order valence-electron chi connectivity index (χ0n) is 8.79. The fraction of sp³-hybridized carbons (Fsp3) is 0.167. The molecule has 0 aromatic carbocycles. The number of hydrogen-bond acceptors (Lipinski definition) is 3. The first-order chi connectivity index (χ1) is 6.62. The molecule has 0 unspecified atom stereocenters. The van der Waals surface area contributed by atoms with Crippen molar-refractivity contribution in [3.05, 3.63) is 22.8 Å². The predicted octanol–water partition coefficient (Wildman–Crippen LogP) is -0.883. The molecule has 0 aliphatic rings. The van der Waals surface area contributed by atoms with Crippen molar-refractivity contribution in [2.75, 3.05) is 0 Å². The van der Waals surface area contributed by atoms with Crippen LogP contribution in [0.4, 0.5) is 13.2 Å². The number of nitrogens with zero attached hydrogens (tertiary/aromatic N) is 1. The van der Waals surface area contributed by atoms with Gasteiger partial charge in [-0.15, -0.1) is 0 Å². The Balaban J connectivity index is 0. The minimum atomic E-state index is -4.71. The van der Waals surface area contributed by atoms with Crippen molar-refractivity contribution in [3.8, 4) is 0 Å². The van der Waals surface area contributed by atoms with Crippen LogP contribution in [0.5, 0.6) is 0 Å². The number of alkyl halides is 3. The first-order valence-electron chi connectivity index (χ1n) is 3.32. The molecule has 16 heavy (non-hydrogen) atoms. The van der Waals surface area contributed by atoms with Crippen LogP contribution in [0, 0.1) is 0 Å². The fourth-order valence-corrected chi connectivity index (χ4v) is 1.72. The Morgan fingerprint density at radius 1 is 1.44 bits per heavy atom. The van der Waals surface area contributed by atoms with Crippen molar-refractivity contribution >= 4 is 21.7 Å². The molecule has 1 heterocycles. The molecular weight excluding hydrogens is 282 g/mol. The van der Waals surface area contributed by atoms with Crippen LogP contribution in [0.3, 0.4) is 0 Å². The summed E-state index contributed by atoms with van der Waals surface area (Å²) in [6.45, 7) is 0. The molecular formula is C6H4ClF3NNaO3S. The summed E-state index contributed by atoms with van der Waals surface area (Å²) in [5.41, 5.74) is -1.19. The van der Waals surface area contributed by atoms with E-state index in [2.05, 4.69) is 4.98 Å². The average Bonchev–Trinajstić information content (AvgIpc) is 1.99. The van der Waals surface area contributed by atoms with Crippen molar-refractivity contribution in [1.82, 2.24) is 4.98 Å². The van der Waals surface area contributed by atoms with Crippen molar-refractivity contribution in [2.45, 2.75) is 11.2 Å². The standard InChI is InChI=1S/C6H3ClF3NO3S.Na.H/c7-4-1-3(6(8,9)10)2-11-5(4)15(12,13)14;;/h1-2H,(H,12,13,14);;/q;+1;-1. The third-order valence-electron chi connectivity index (χ3n) is 1.38. The molecule has 0 spiro atoms. The number of aromatic nitrogens is 1. The van der Waals surface area contributed by atoms with Crippen molar-refractivity contribution in [1.29, 1.82) is 0 Å². The first kappa shape index (κ1) is 16.1. The largest absolute Gasteiger partial charge is 1.00 e. The number of halogens is 4. The second-order valence-corrected chi connectivity index (χ2v) is 4.23. The zero-order chi connectivity index (χ0) is 11.9. The Hall–Kier alpha value is 0.140. The Kier molecular flexibility index (Phi) is 5.24. The Morgan fingerprint density at radius 2 is 1.94 bits per heavy atom. The average molecular weight is 286 g/mol. The summed E-state index contributed by atoms with van der Waals surface area (Å²) >= 11 is 5.22. The molecule has 0 amide bonds. The van der Waals surface area contributed by atoms with Gasteiger partial charge in [-0.2, -0.15) is 21.6 Å². The van der Waals surface area contributed by atoms with Crippen LogP contribution in [0.25, 0.3) is 0 Å². The van der Waals surface area contributed by atoms with Crippen molar-refractivity contribution in [2.24, 2.45) is 0 Å². The second-order valence-electron chi connectivity index (χ2n) is 2.48. The maximum atomic E-state index is 12.1. The summed E-state index contributed by atoms with van der Waals surface area (Å²) in [5, 5.41) is -1.79.